The van der Waals surface area contributed by atoms with E-state index in [2.05, 4.69) is 5.32 Å². The standard InChI is InChI=1S/C16H14ClNO3/c1-11-3-2-4-14(9-11)18-15(19)10-21-16(20)12-5-7-13(17)8-6-12/h2-9H,10H2,1H3,(H,18,19). The molecule has 2 aromatic carbocycles. The highest BCUT2D eigenvalue weighted by atomic mass is 35.5. The molecule has 0 aliphatic carbocycles. The average molecular weight is 304 g/mol. The van der Waals surface area contributed by atoms with Gasteiger partial charge in [0.15, 0.2) is 6.61 Å². The van der Waals surface area contributed by atoms with E-state index in [1.165, 1.54) is 0 Å². The van der Waals surface area contributed by atoms with Gasteiger partial charge in [-0.25, -0.2) is 4.79 Å². The smallest absolute Gasteiger partial charge is 0.338 e. The van der Waals surface area contributed by atoms with Crippen molar-refractivity contribution in [2.24, 2.45) is 0 Å². The molecule has 1 amide bonds. The highest BCUT2D eigenvalue weighted by Gasteiger charge is 2.10. The second kappa shape index (κ2) is 6.90. The predicted octanol–water partition coefficient (Wildman–Crippen LogP) is 3.44. The molecule has 0 aliphatic rings. The largest absolute Gasteiger partial charge is 0.452 e. The molecular formula is C16H14ClNO3. The van der Waals surface area contributed by atoms with Crippen molar-refractivity contribution in [1.82, 2.24) is 0 Å². The second-order valence-corrected chi connectivity index (χ2v) is 4.94. The lowest BCUT2D eigenvalue weighted by molar-refractivity contribution is -0.119. The third-order valence-electron chi connectivity index (χ3n) is 2.72. The molecule has 0 saturated heterocycles. The van der Waals surface area contributed by atoms with E-state index in [1.807, 2.05) is 25.1 Å². The van der Waals surface area contributed by atoms with Crippen molar-refractivity contribution in [2.45, 2.75) is 6.92 Å². The van der Waals surface area contributed by atoms with Crippen LogP contribution in [0, 0.1) is 6.92 Å². The lowest BCUT2D eigenvalue weighted by Gasteiger charge is -2.07. The summed E-state index contributed by atoms with van der Waals surface area (Å²) < 4.78 is 4.94. The molecule has 0 radical (unpaired) electrons. The molecule has 1 N–H and O–H groups in total. The Morgan fingerprint density at radius 2 is 1.86 bits per heavy atom. The maximum atomic E-state index is 11.7. The third-order valence-corrected chi connectivity index (χ3v) is 2.97. The Hall–Kier alpha value is -2.33. The molecule has 0 heterocycles. The van der Waals surface area contributed by atoms with Crippen molar-refractivity contribution in [3.05, 3.63) is 64.7 Å². The first kappa shape index (κ1) is 15.1. The van der Waals surface area contributed by atoms with Crippen molar-refractivity contribution in [3.8, 4) is 0 Å². The van der Waals surface area contributed by atoms with E-state index >= 15 is 0 Å². The van der Waals surface area contributed by atoms with Crippen LogP contribution in [0.4, 0.5) is 5.69 Å². The van der Waals surface area contributed by atoms with Crippen molar-refractivity contribution in [1.29, 1.82) is 0 Å². The zero-order chi connectivity index (χ0) is 15.2. The molecule has 4 nitrogen and oxygen atoms in total. The van der Waals surface area contributed by atoms with Crippen LogP contribution < -0.4 is 5.32 Å². The van der Waals surface area contributed by atoms with Crippen molar-refractivity contribution in [3.63, 3.8) is 0 Å². The predicted molar refractivity (Wildman–Crippen MR) is 81.5 cm³/mol. The number of esters is 1. The van der Waals surface area contributed by atoms with Gasteiger partial charge in [-0.3, -0.25) is 4.79 Å². The summed E-state index contributed by atoms with van der Waals surface area (Å²) in [5, 5.41) is 3.19. The van der Waals surface area contributed by atoms with Gasteiger partial charge in [0, 0.05) is 10.7 Å². The fraction of sp³-hybridized carbons (Fsp3) is 0.125. The van der Waals surface area contributed by atoms with E-state index in [1.54, 1.807) is 30.3 Å². The number of ether oxygens (including phenoxy) is 1. The molecule has 0 saturated carbocycles. The van der Waals surface area contributed by atoms with Gasteiger partial charge in [0.25, 0.3) is 5.91 Å². The van der Waals surface area contributed by atoms with E-state index in [0.29, 0.717) is 16.3 Å². The lowest BCUT2D eigenvalue weighted by Crippen LogP contribution is -2.20. The van der Waals surface area contributed by atoms with Gasteiger partial charge in [-0.1, -0.05) is 23.7 Å². The minimum absolute atomic E-state index is 0.338. The first-order valence-corrected chi connectivity index (χ1v) is 6.71. The minimum atomic E-state index is -0.564. The number of halogens is 1. The number of aryl methyl sites for hydroxylation is 1. The second-order valence-electron chi connectivity index (χ2n) is 4.50. The Kier molecular flexibility index (Phi) is 4.95. The Morgan fingerprint density at radius 3 is 2.52 bits per heavy atom. The molecule has 0 spiro atoms. The molecule has 0 bridgehead atoms. The number of carbonyl (C=O) groups excluding carboxylic acids is 2. The van der Waals surface area contributed by atoms with Crippen LogP contribution >= 0.6 is 11.6 Å². The number of carbonyl (C=O) groups is 2. The van der Waals surface area contributed by atoms with Crippen molar-refractivity contribution >= 4 is 29.2 Å². The van der Waals surface area contributed by atoms with Gasteiger partial charge in [0.05, 0.1) is 5.56 Å². The topological polar surface area (TPSA) is 55.4 Å². The highest BCUT2D eigenvalue weighted by Crippen LogP contribution is 2.11. The van der Waals surface area contributed by atoms with Gasteiger partial charge in [-0.05, 0) is 48.9 Å². The Bertz CT molecular complexity index is 653. The quantitative estimate of drug-likeness (QED) is 0.880. The van der Waals surface area contributed by atoms with Crippen LogP contribution in [0.5, 0.6) is 0 Å². The maximum absolute atomic E-state index is 11.7. The zero-order valence-corrected chi connectivity index (χ0v) is 12.2. The third kappa shape index (κ3) is 4.61. The fourth-order valence-electron chi connectivity index (χ4n) is 1.72. The zero-order valence-electron chi connectivity index (χ0n) is 11.4. The van der Waals surface area contributed by atoms with Gasteiger partial charge >= 0.3 is 5.97 Å². The van der Waals surface area contributed by atoms with Crippen LogP contribution in [-0.2, 0) is 9.53 Å². The summed E-state index contributed by atoms with van der Waals surface area (Å²) in [6.07, 6.45) is 0. The summed E-state index contributed by atoms with van der Waals surface area (Å²) in [5.74, 6) is -0.950. The molecule has 0 fully saturated rings. The number of rotatable bonds is 4. The molecular weight excluding hydrogens is 290 g/mol. The van der Waals surface area contributed by atoms with Crippen molar-refractivity contribution in [2.75, 3.05) is 11.9 Å². The Labute approximate surface area is 127 Å². The Balaban J connectivity index is 1.86. The molecule has 5 heteroatoms. The summed E-state index contributed by atoms with van der Waals surface area (Å²) in [5.41, 5.74) is 2.05. The lowest BCUT2D eigenvalue weighted by atomic mass is 10.2. The minimum Gasteiger partial charge on any atom is -0.452 e. The summed E-state index contributed by atoms with van der Waals surface area (Å²) in [6.45, 7) is 1.59. The monoisotopic (exact) mass is 303 g/mol. The molecule has 0 unspecified atom stereocenters. The highest BCUT2D eigenvalue weighted by molar-refractivity contribution is 6.30. The van der Waals surface area contributed by atoms with Crippen LogP contribution in [0.3, 0.4) is 0 Å². The van der Waals surface area contributed by atoms with Gasteiger partial charge < -0.3 is 10.1 Å². The number of nitrogens with one attached hydrogen (secondary N) is 1. The van der Waals surface area contributed by atoms with Gasteiger partial charge in [-0.2, -0.15) is 0 Å². The molecule has 2 aromatic rings. The summed E-state index contributed by atoms with van der Waals surface area (Å²) in [4.78, 5) is 23.4. The summed E-state index contributed by atoms with van der Waals surface area (Å²) in [6, 6.07) is 13.6. The molecule has 2 rings (SSSR count). The average Bonchev–Trinajstić information content (AvgIpc) is 2.45. The van der Waals surface area contributed by atoms with Crippen LogP contribution in [0.2, 0.25) is 5.02 Å². The number of hydrogen-bond acceptors (Lipinski definition) is 3. The van der Waals surface area contributed by atoms with Gasteiger partial charge in [0.2, 0.25) is 0 Å². The van der Waals surface area contributed by atoms with E-state index < -0.39 is 5.97 Å². The molecule has 0 aromatic heterocycles. The van der Waals surface area contributed by atoms with E-state index in [9.17, 15) is 9.59 Å². The molecule has 0 aliphatic heterocycles. The number of anilines is 1. The van der Waals surface area contributed by atoms with Crippen LogP contribution in [0.15, 0.2) is 48.5 Å². The van der Waals surface area contributed by atoms with Gasteiger partial charge in [-0.15, -0.1) is 0 Å². The molecule has 108 valence electrons. The molecule has 0 atom stereocenters. The molecule has 21 heavy (non-hydrogen) atoms. The SMILES string of the molecule is Cc1cccc(NC(=O)COC(=O)c2ccc(Cl)cc2)c1. The first-order valence-electron chi connectivity index (χ1n) is 6.34. The van der Waals surface area contributed by atoms with E-state index in [0.717, 1.165) is 5.56 Å². The van der Waals surface area contributed by atoms with Gasteiger partial charge in [0.1, 0.15) is 0 Å². The van der Waals surface area contributed by atoms with Crippen LogP contribution in [0.1, 0.15) is 15.9 Å². The Morgan fingerprint density at radius 1 is 1.14 bits per heavy atom. The summed E-state index contributed by atoms with van der Waals surface area (Å²) >= 11 is 5.73. The van der Waals surface area contributed by atoms with E-state index in [-0.39, 0.29) is 12.5 Å². The first-order chi connectivity index (χ1) is 10.0. The van der Waals surface area contributed by atoms with Crippen LogP contribution in [0.25, 0.3) is 0 Å². The fourth-order valence-corrected chi connectivity index (χ4v) is 1.85. The van der Waals surface area contributed by atoms with Crippen LogP contribution in [-0.4, -0.2) is 18.5 Å². The maximum Gasteiger partial charge on any atom is 0.338 e. The number of amides is 1. The number of hydrogen-bond donors (Lipinski definition) is 1. The van der Waals surface area contributed by atoms with Crippen molar-refractivity contribution < 1.29 is 14.3 Å². The number of benzene rings is 2. The normalized spacial score (nSPS) is 10.0. The van der Waals surface area contributed by atoms with E-state index in [4.69, 9.17) is 16.3 Å². The summed E-state index contributed by atoms with van der Waals surface area (Å²) in [7, 11) is 0.